The molecule has 98 valence electrons. The second-order valence-electron chi connectivity index (χ2n) is 4.50. The number of fused-ring (bicyclic) bond motifs is 3. The summed E-state index contributed by atoms with van der Waals surface area (Å²) in [6.07, 6.45) is 2.07. The summed E-state index contributed by atoms with van der Waals surface area (Å²) < 4.78 is 4.45. The molecule has 4 aromatic rings. The minimum Gasteiger partial charge on any atom is -0.290 e. The Morgan fingerprint density at radius 3 is 2.70 bits per heavy atom. The molecule has 0 fully saturated rings. The maximum Gasteiger partial charge on any atom is 0.195 e. The lowest BCUT2D eigenvalue weighted by atomic mass is 10.2. The van der Waals surface area contributed by atoms with E-state index in [4.69, 9.17) is 16.6 Å². The molecule has 0 saturated carbocycles. The van der Waals surface area contributed by atoms with E-state index < -0.39 is 0 Å². The normalized spacial score (nSPS) is 11.5. The summed E-state index contributed by atoms with van der Waals surface area (Å²) in [5.74, 6) is 0. The molecular weight excluding hydrogens is 356 g/mol. The molecule has 2 aromatic heterocycles. The first-order valence-corrected chi connectivity index (χ1v) is 8.02. The molecule has 0 amide bonds. The maximum atomic E-state index is 5.92. The molecule has 0 spiro atoms. The molecule has 2 heterocycles. The predicted octanol–water partition coefficient (Wildman–Crippen LogP) is 5.63. The van der Waals surface area contributed by atoms with E-state index in [1.807, 2.05) is 24.3 Å². The van der Waals surface area contributed by atoms with Gasteiger partial charge >= 0.3 is 0 Å². The van der Waals surface area contributed by atoms with Gasteiger partial charge in [0.15, 0.2) is 4.96 Å². The third kappa shape index (κ3) is 1.95. The number of aromatic nitrogens is 2. The van der Waals surface area contributed by atoms with E-state index in [9.17, 15) is 0 Å². The second-order valence-corrected chi connectivity index (χ2v) is 6.86. The zero-order valence-electron chi connectivity index (χ0n) is 10.2. The Kier molecular flexibility index (Phi) is 2.84. The lowest BCUT2D eigenvalue weighted by molar-refractivity contribution is 1.30. The molecule has 0 saturated heterocycles. The van der Waals surface area contributed by atoms with Crippen LogP contribution >= 0.6 is 38.9 Å². The summed E-state index contributed by atoms with van der Waals surface area (Å²) in [5.41, 5.74) is 3.23. The fourth-order valence-electron chi connectivity index (χ4n) is 2.23. The first kappa shape index (κ1) is 12.4. The average Bonchev–Trinajstić information content (AvgIpc) is 2.96. The first-order valence-electron chi connectivity index (χ1n) is 6.04. The van der Waals surface area contributed by atoms with E-state index in [-0.39, 0.29) is 0 Å². The summed E-state index contributed by atoms with van der Waals surface area (Å²) in [5, 5.41) is 0.741. The van der Waals surface area contributed by atoms with E-state index in [2.05, 4.69) is 44.7 Å². The molecule has 20 heavy (non-hydrogen) atoms. The van der Waals surface area contributed by atoms with Crippen LogP contribution in [-0.4, -0.2) is 9.38 Å². The zero-order chi connectivity index (χ0) is 13.7. The highest BCUT2D eigenvalue weighted by Crippen LogP contribution is 2.31. The number of nitrogens with zero attached hydrogens (tertiary/aromatic N) is 2. The monoisotopic (exact) mass is 362 g/mol. The molecule has 2 aromatic carbocycles. The molecule has 0 unspecified atom stereocenters. The summed E-state index contributed by atoms with van der Waals surface area (Å²) in [6, 6.07) is 14.0. The summed E-state index contributed by atoms with van der Waals surface area (Å²) in [7, 11) is 0. The Labute approximate surface area is 132 Å². The molecular formula is C15H8BrClN2S. The number of hydrogen-bond donors (Lipinski definition) is 0. The van der Waals surface area contributed by atoms with Crippen molar-refractivity contribution in [1.29, 1.82) is 0 Å². The van der Waals surface area contributed by atoms with Crippen LogP contribution in [0.5, 0.6) is 0 Å². The SMILES string of the molecule is Clc1ccc(-c2cn3c(n2)sc2cc(Br)ccc23)cc1. The zero-order valence-corrected chi connectivity index (χ0v) is 13.3. The second kappa shape index (κ2) is 4.58. The van der Waals surface area contributed by atoms with E-state index in [1.54, 1.807) is 11.3 Å². The Balaban J connectivity index is 1.93. The van der Waals surface area contributed by atoms with E-state index in [0.717, 1.165) is 25.7 Å². The minimum absolute atomic E-state index is 0.741. The average molecular weight is 364 g/mol. The number of halogens is 2. The molecule has 5 heteroatoms. The number of benzene rings is 2. The summed E-state index contributed by atoms with van der Waals surface area (Å²) in [4.78, 5) is 5.71. The molecule has 0 aliphatic heterocycles. The van der Waals surface area contributed by atoms with Crippen molar-refractivity contribution in [3.05, 3.63) is 58.2 Å². The van der Waals surface area contributed by atoms with Crippen LogP contribution in [0, 0.1) is 0 Å². The Morgan fingerprint density at radius 1 is 1.10 bits per heavy atom. The van der Waals surface area contributed by atoms with E-state index >= 15 is 0 Å². The van der Waals surface area contributed by atoms with Gasteiger partial charge in [-0.2, -0.15) is 0 Å². The lowest BCUT2D eigenvalue weighted by Gasteiger charge is -1.96. The smallest absolute Gasteiger partial charge is 0.195 e. The van der Waals surface area contributed by atoms with Crippen LogP contribution in [0.4, 0.5) is 0 Å². The molecule has 4 rings (SSSR count). The van der Waals surface area contributed by atoms with Crippen molar-refractivity contribution >= 4 is 54.0 Å². The first-order chi connectivity index (χ1) is 9.70. The Bertz CT molecular complexity index is 924. The van der Waals surface area contributed by atoms with E-state index in [1.165, 1.54) is 10.2 Å². The van der Waals surface area contributed by atoms with Crippen molar-refractivity contribution in [3.8, 4) is 11.3 Å². The topological polar surface area (TPSA) is 17.3 Å². The van der Waals surface area contributed by atoms with Gasteiger partial charge in [-0.1, -0.05) is 51.0 Å². The van der Waals surface area contributed by atoms with Crippen LogP contribution in [0.3, 0.4) is 0 Å². The van der Waals surface area contributed by atoms with E-state index in [0.29, 0.717) is 0 Å². The van der Waals surface area contributed by atoms with Gasteiger partial charge in [0, 0.05) is 21.3 Å². The minimum atomic E-state index is 0.741. The fraction of sp³-hybridized carbons (Fsp3) is 0. The number of imidazole rings is 1. The molecule has 0 N–H and O–H groups in total. The van der Waals surface area contributed by atoms with Crippen molar-refractivity contribution in [2.24, 2.45) is 0 Å². The van der Waals surface area contributed by atoms with Gasteiger partial charge in [0.1, 0.15) is 0 Å². The Hall–Kier alpha value is -1.36. The van der Waals surface area contributed by atoms with Gasteiger partial charge < -0.3 is 0 Å². The van der Waals surface area contributed by atoms with Crippen molar-refractivity contribution in [3.63, 3.8) is 0 Å². The molecule has 0 aliphatic rings. The molecule has 2 nitrogen and oxygen atoms in total. The highest BCUT2D eigenvalue weighted by molar-refractivity contribution is 9.10. The van der Waals surface area contributed by atoms with Crippen molar-refractivity contribution in [2.75, 3.05) is 0 Å². The van der Waals surface area contributed by atoms with Crippen LogP contribution in [0.15, 0.2) is 53.1 Å². The largest absolute Gasteiger partial charge is 0.290 e. The third-order valence-corrected chi connectivity index (χ3v) is 4.96. The van der Waals surface area contributed by atoms with Crippen LogP contribution in [-0.2, 0) is 0 Å². The summed E-state index contributed by atoms with van der Waals surface area (Å²) in [6.45, 7) is 0. The van der Waals surface area contributed by atoms with Crippen LogP contribution in [0.2, 0.25) is 5.02 Å². The molecule has 0 aliphatic carbocycles. The molecule has 0 radical (unpaired) electrons. The fourth-order valence-corrected chi connectivity index (χ4v) is 3.92. The van der Waals surface area contributed by atoms with Gasteiger partial charge in [0.05, 0.1) is 15.9 Å². The van der Waals surface area contributed by atoms with Gasteiger partial charge in [0.2, 0.25) is 0 Å². The molecule has 0 bridgehead atoms. The highest BCUT2D eigenvalue weighted by atomic mass is 79.9. The number of rotatable bonds is 1. The van der Waals surface area contributed by atoms with Gasteiger partial charge in [-0.05, 0) is 30.3 Å². The van der Waals surface area contributed by atoms with Gasteiger partial charge in [-0.3, -0.25) is 4.40 Å². The quantitative estimate of drug-likeness (QED) is 0.428. The highest BCUT2D eigenvalue weighted by Gasteiger charge is 2.10. The van der Waals surface area contributed by atoms with Gasteiger partial charge in [-0.25, -0.2) is 4.98 Å². The summed E-state index contributed by atoms with van der Waals surface area (Å²) >= 11 is 11.1. The van der Waals surface area contributed by atoms with Gasteiger partial charge in [0.25, 0.3) is 0 Å². The van der Waals surface area contributed by atoms with Gasteiger partial charge in [-0.15, -0.1) is 0 Å². The van der Waals surface area contributed by atoms with Crippen molar-refractivity contribution in [1.82, 2.24) is 9.38 Å². The maximum absolute atomic E-state index is 5.92. The predicted molar refractivity (Wildman–Crippen MR) is 88.7 cm³/mol. The van der Waals surface area contributed by atoms with Crippen LogP contribution in [0.25, 0.3) is 26.4 Å². The number of thiazole rings is 1. The lowest BCUT2D eigenvalue weighted by Crippen LogP contribution is -1.77. The molecule has 0 atom stereocenters. The van der Waals surface area contributed by atoms with Crippen LogP contribution < -0.4 is 0 Å². The third-order valence-electron chi connectivity index (χ3n) is 3.20. The Morgan fingerprint density at radius 2 is 1.90 bits per heavy atom. The van der Waals surface area contributed by atoms with Crippen molar-refractivity contribution in [2.45, 2.75) is 0 Å². The van der Waals surface area contributed by atoms with Crippen LogP contribution in [0.1, 0.15) is 0 Å². The van der Waals surface area contributed by atoms with Crippen molar-refractivity contribution < 1.29 is 0 Å². The standard InChI is InChI=1S/C15H8BrClN2S/c16-10-3-6-13-14(7-10)20-15-18-12(8-19(13)15)9-1-4-11(17)5-2-9/h1-8H. The number of hydrogen-bond acceptors (Lipinski definition) is 2.